The highest BCUT2D eigenvalue weighted by atomic mass is 16.5. The van der Waals surface area contributed by atoms with Gasteiger partial charge in [-0.1, -0.05) is 13.8 Å². The Hall–Kier alpha value is -0.610. The second-order valence-electron chi connectivity index (χ2n) is 4.19. The van der Waals surface area contributed by atoms with E-state index in [1.165, 1.54) is 0 Å². The lowest BCUT2D eigenvalue weighted by Gasteiger charge is -2.26. The van der Waals surface area contributed by atoms with E-state index >= 15 is 0 Å². The van der Waals surface area contributed by atoms with Crippen LogP contribution >= 0.6 is 0 Å². The normalized spacial score (nSPS) is 27.7. The first-order valence-corrected chi connectivity index (χ1v) is 5.16. The minimum Gasteiger partial charge on any atom is -0.465 e. The molecule has 0 amide bonds. The lowest BCUT2D eigenvalue weighted by molar-refractivity contribution is -0.154. The molecule has 0 aliphatic carbocycles. The third-order valence-electron chi connectivity index (χ3n) is 2.31. The first kappa shape index (κ1) is 11.5. The number of aliphatic hydroxyl groups excluding tert-OH is 1. The smallest absolute Gasteiger partial charge is 0.312 e. The molecule has 1 rings (SSSR count). The number of aliphatic hydroxyl groups is 1. The largest absolute Gasteiger partial charge is 0.465 e. The van der Waals surface area contributed by atoms with Crippen molar-refractivity contribution in [3.8, 4) is 0 Å². The molecule has 0 spiro atoms. The highest BCUT2D eigenvalue weighted by Gasteiger charge is 2.30. The molecule has 4 nitrogen and oxygen atoms in total. The summed E-state index contributed by atoms with van der Waals surface area (Å²) in [7, 11) is 0. The predicted octanol–water partition coefficient (Wildman–Crippen LogP) is 0.156. The van der Waals surface area contributed by atoms with Crippen LogP contribution in [0.4, 0.5) is 0 Å². The van der Waals surface area contributed by atoms with Gasteiger partial charge in [0.1, 0.15) is 0 Å². The van der Waals surface area contributed by atoms with Gasteiger partial charge in [-0.3, -0.25) is 4.79 Å². The van der Waals surface area contributed by atoms with Crippen molar-refractivity contribution in [2.24, 2.45) is 11.8 Å². The van der Waals surface area contributed by atoms with Crippen LogP contribution in [0.15, 0.2) is 0 Å². The van der Waals surface area contributed by atoms with E-state index in [0.717, 1.165) is 6.54 Å². The zero-order valence-corrected chi connectivity index (χ0v) is 8.82. The molecular weight excluding hydrogens is 182 g/mol. The molecule has 0 aromatic rings. The van der Waals surface area contributed by atoms with Gasteiger partial charge in [-0.25, -0.2) is 0 Å². The van der Waals surface area contributed by atoms with Crippen molar-refractivity contribution < 1.29 is 14.6 Å². The predicted molar refractivity (Wildman–Crippen MR) is 52.8 cm³/mol. The fourth-order valence-electron chi connectivity index (χ4n) is 1.44. The number of rotatable bonds is 3. The maximum atomic E-state index is 11.5. The fourth-order valence-corrected chi connectivity index (χ4v) is 1.44. The summed E-state index contributed by atoms with van der Waals surface area (Å²) in [6.07, 6.45) is 0.0810. The third-order valence-corrected chi connectivity index (χ3v) is 2.31. The molecular formula is C10H19NO3. The summed E-state index contributed by atoms with van der Waals surface area (Å²) in [6.45, 7) is 5.71. The Morgan fingerprint density at radius 1 is 1.64 bits per heavy atom. The van der Waals surface area contributed by atoms with E-state index in [9.17, 15) is 9.90 Å². The fraction of sp³-hybridized carbons (Fsp3) is 0.900. The molecule has 1 saturated heterocycles. The van der Waals surface area contributed by atoms with Crippen molar-refractivity contribution in [1.82, 2.24) is 5.32 Å². The summed E-state index contributed by atoms with van der Waals surface area (Å²) in [5.74, 6) is -0.325. The molecule has 0 radical (unpaired) electrons. The molecule has 14 heavy (non-hydrogen) atoms. The van der Waals surface area contributed by atoms with Gasteiger partial charge in [-0.15, -0.1) is 0 Å². The van der Waals surface area contributed by atoms with E-state index in [4.69, 9.17) is 4.74 Å². The highest BCUT2D eigenvalue weighted by molar-refractivity contribution is 5.73. The average Bonchev–Trinajstić information content (AvgIpc) is 2.15. The second kappa shape index (κ2) is 5.32. The first-order valence-electron chi connectivity index (χ1n) is 5.16. The number of hydrogen-bond acceptors (Lipinski definition) is 4. The standard InChI is InChI=1S/C10H19NO3/c1-7(2)6-14-10(13)8-5-11-4-3-9(8)12/h7-9,11-12H,3-6H2,1-2H3. The molecule has 0 bridgehead atoms. The van der Waals surface area contributed by atoms with Gasteiger partial charge in [-0.2, -0.15) is 0 Å². The van der Waals surface area contributed by atoms with Gasteiger partial charge in [0.2, 0.25) is 0 Å². The topological polar surface area (TPSA) is 58.6 Å². The SMILES string of the molecule is CC(C)COC(=O)C1CNCCC1O. The Bertz CT molecular complexity index is 194. The third kappa shape index (κ3) is 3.27. The van der Waals surface area contributed by atoms with Crippen molar-refractivity contribution in [2.45, 2.75) is 26.4 Å². The monoisotopic (exact) mass is 201 g/mol. The lowest BCUT2D eigenvalue weighted by Crippen LogP contribution is -2.44. The van der Waals surface area contributed by atoms with Crippen LogP contribution < -0.4 is 5.32 Å². The summed E-state index contributed by atoms with van der Waals surface area (Å²) in [6, 6.07) is 0. The summed E-state index contributed by atoms with van der Waals surface area (Å²) < 4.78 is 5.07. The number of carbonyl (C=O) groups excluding carboxylic acids is 1. The molecule has 0 saturated carbocycles. The quantitative estimate of drug-likeness (QED) is 0.638. The van der Waals surface area contributed by atoms with Crippen LogP contribution in [0.3, 0.4) is 0 Å². The molecule has 0 aromatic heterocycles. The van der Waals surface area contributed by atoms with Gasteiger partial charge in [0, 0.05) is 6.54 Å². The number of piperidine rings is 1. The van der Waals surface area contributed by atoms with Crippen molar-refractivity contribution in [3.05, 3.63) is 0 Å². The Balaban J connectivity index is 2.34. The Morgan fingerprint density at radius 3 is 2.93 bits per heavy atom. The van der Waals surface area contributed by atoms with Gasteiger partial charge in [-0.05, 0) is 18.9 Å². The van der Waals surface area contributed by atoms with Gasteiger partial charge in [0.05, 0.1) is 18.6 Å². The molecule has 2 unspecified atom stereocenters. The molecule has 1 heterocycles. The van der Waals surface area contributed by atoms with E-state index in [-0.39, 0.29) is 11.9 Å². The van der Waals surface area contributed by atoms with E-state index in [1.807, 2.05) is 13.8 Å². The molecule has 0 aromatic carbocycles. The van der Waals surface area contributed by atoms with Crippen LogP contribution in [-0.4, -0.2) is 36.9 Å². The van der Waals surface area contributed by atoms with Crippen molar-refractivity contribution in [1.29, 1.82) is 0 Å². The molecule has 1 fully saturated rings. The second-order valence-corrected chi connectivity index (χ2v) is 4.19. The summed E-state index contributed by atoms with van der Waals surface area (Å²) in [5, 5.41) is 12.6. The number of esters is 1. The number of nitrogens with one attached hydrogen (secondary N) is 1. The Morgan fingerprint density at radius 2 is 2.36 bits per heavy atom. The molecule has 2 N–H and O–H groups in total. The van der Waals surface area contributed by atoms with Crippen molar-refractivity contribution in [2.75, 3.05) is 19.7 Å². The summed E-state index contributed by atoms with van der Waals surface area (Å²) in [4.78, 5) is 11.5. The molecule has 1 aliphatic rings. The minimum absolute atomic E-state index is 0.279. The van der Waals surface area contributed by atoms with Crippen molar-refractivity contribution >= 4 is 5.97 Å². The van der Waals surface area contributed by atoms with E-state index in [1.54, 1.807) is 0 Å². The van der Waals surface area contributed by atoms with Crippen LogP contribution in [0.25, 0.3) is 0 Å². The number of carbonyl (C=O) groups is 1. The molecule has 2 atom stereocenters. The van der Waals surface area contributed by atoms with Crippen LogP contribution in [0.5, 0.6) is 0 Å². The van der Waals surface area contributed by atoms with Crippen LogP contribution in [0.1, 0.15) is 20.3 Å². The first-order chi connectivity index (χ1) is 6.61. The zero-order valence-electron chi connectivity index (χ0n) is 8.82. The molecule has 1 aliphatic heterocycles. The van der Waals surface area contributed by atoms with E-state index in [0.29, 0.717) is 25.5 Å². The van der Waals surface area contributed by atoms with E-state index in [2.05, 4.69) is 5.32 Å². The maximum absolute atomic E-state index is 11.5. The van der Waals surface area contributed by atoms with Gasteiger partial charge in [0.25, 0.3) is 0 Å². The lowest BCUT2D eigenvalue weighted by atomic mass is 9.96. The highest BCUT2D eigenvalue weighted by Crippen LogP contribution is 2.13. The maximum Gasteiger partial charge on any atom is 0.312 e. The van der Waals surface area contributed by atoms with Gasteiger partial charge in [0.15, 0.2) is 0 Å². The van der Waals surface area contributed by atoms with Gasteiger partial charge >= 0.3 is 5.97 Å². The Labute approximate surface area is 84.6 Å². The number of hydrogen-bond donors (Lipinski definition) is 2. The van der Waals surface area contributed by atoms with Crippen molar-refractivity contribution in [3.63, 3.8) is 0 Å². The van der Waals surface area contributed by atoms with E-state index < -0.39 is 6.10 Å². The minimum atomic E-state index is -0.545. The number of ether oxygens (including phenoxy) is 1. The summed E-state index contributed by atoms with van der Waals surface area (Å²) in [5.41, 5.74) is 0. The zero-order chi connectivity index (χ0) is 10.6. The summed E-state index contributed by atoms with van der Waals surface area (Å²) >= 11 is 0. The van der Waals surface area contributed by atoms with Crippen LogP contribution in [0.2, 0.25) is 0 Å². The van der Waals surface area contributed by atoms with Crippen LogP contribution in [0, 0.1) is 11.8 Å². The van der Waals surface area contributed by atoms with Gasteiger partial charge < -0.3 is 15.2 Å². The average molecular weight is 201 g/mol. The van der Waals surface area contributed by atoms with Crippen LogP contribution in [-0.2, 0) is 9.53 Å². The molecule has 4 heteroatoms. The molecule has 82 valence electrons. The Kier molecular flexibility index (Phi) is 4.35.